The highest BCUT2D eigenvalue weighted by molar-refractivity contribution is 5.88. The number of fused-ring (bicyclic) bond motifs is 1. The summed E-state index contributed by atoms with van der Waals surface area (Å²) in [5.74, 6) is -2.54. The average Bonchev–Trinajstić information content (AvgIpc) is 3.22. The normalized spacial score (nSPS) is 22.3. The molecule has 0 aromatic carbocycles. The van der Waals surface area contributed by atoms with Gasteiger partial charge in [-0.15, -0.1) is 0 Å². The third-order valence-electron chi connectivity index (χ3n) is 4.18. The third-order valence-corrected chi connectivity index (χ3v) is 4.18. The van der Waals surface area contributed by atoms with Crippen molar-refractivity contribution in [3.05, 3.63) is 6.33 Å². The molecule has 1 aliphatic heterocycles. The Hall–Kier alpha value is -3.81. The summed E-state index contributed by atoms with van der Waals surface area (Å²) >= 11 is 0. The van der Waals surface area contributed by atoms with Crippen molar-refractivity contribution < 1.29 is 42.9 Å². The number of hydrogen-bond donors (Lipinski definition) is 1. The number of methoxy groups -OCH3 is 1. The number of carbonyl (C=O) groups excluding carboxylic acids is 4. The molecule has 3 heterocycles. The number of aromatic nitrogens is 4. The first-order chi connectivity index (χ1) is 15.1. The van der Waals surface area contributed by atoms with Crippen LogP contribution in [0.3, 0.4) is 0 Å². The van der Waals surface area contributed by atoms with Gasteiger partial charge in [0.1, 0.15) is 0 Å². The van der Waals surface area contributed by atoms with Gasteiger partial charge >= 0.3 is 17.9 Å². The van der Waals surface area contributed by atoms with E-state index >= 15 is 0 Å². The van der Waals surface area contributed by atoms with E-state index in [0.717, 1.165) is 20.8 Å². The van der Waals surface area contributed by atoms with Crippen LogP contribution in [0.1, 0.15) is 33.9 Å². The van der Waals surface area contributed by atoms with Crippen LogP contribution in [0, 0.1) is 0 Å². The third kappa shape index (κ3) is 4.74. The quantitative estimate of drug-likeness (QED) is 0.464. The van der Waals surface area contributed by atoms with E-state index in [4.69, 9.17) is 23.7 Å². The summed E-state index contributed by atoms with van der Waals surface area (Å²) < 4.78 is 28.1. The second kappa shape index (κ2) is 9.13. The lowest BCUT2D eigenvalue weighted by molar-refractivity contribution is -0.198. The minimum absolute atomic E-state index is 0.0626. The summed E-state index contributed by atoms with van der Waals surface area (Å²) in [6.45, 7) is 4.73. The van der Waals surface area contributed by atoms with Crippen LogP contribution in [0.2, 0.25) is 0 Å². The fourth-order valence-corrected chi connectivity index (χ4v) is 3.16. The number of ether oxygens (including phenoxy) is 5. The van der Waals surface area contributed by atoms with Gasteiger partial charge in [-0.25, -0.2) is 4.98 Å². The summed E-state index contributed by atoms with van der Waals surface area (Å²) in [7, 11) is 1.36. The molecule has 1 saturated heterocycles. The van der Waals surface area contributed by atoms with Crippen LogP contribution >= 0.6 is 0 Å². The lowest BCUT2D eigenvalue weighted by Crippen LogP contribution is -2.40. The molecule has 0 bridgehead atoms. The Balaban J connectivity index is 2.12. The van der Waals surface area contributed by atoms with Gasteiger partial charge in [0, 0.05) is 27.7 Å². The average molecular weight is 451 g/mol. The van der Waals surface area contributed by atoms with Crippen LogP contribution in [0.4, 0.5) is 5.95 Å². The number of nitrogens with one attached hydrogen (secondary N) is 1. The Morgan fingerprint density at radius 2 is 1.59 bits per heavy atom. The zero-order valence-electron chi connectivity index (χ0n) is 17.8. The number of hydrogen-bond acceptors (Lipinski definition) is 12. The molecule has 4 atom stereocenters. The number of imidazole rings is 1. The van der Waals surface area contributed by atoms with Gasteiger partial charge in [0.05, 0.1) is 13.4 Å². The molecule has 3 rings (SSSR count). The SMILES string of the molecule is COc1nc(NC(C)=O)nc2c1ncn2[C@@H]1O[C@H](OC(C)=O)[C@@H](OC(C)=O)[C@H]1OC(C)=O. The number of anilines is 1. The first-order valence-corrected chi connectivity index (χ1v) is 9.34. The van der Waals surface area contributed by atoms with E-state index in [2.05, 4.69) is 20.3 Å². The number of rotatable bonds is 6. The van der Waals surface area contributed by atoms with Crippen LogP contribution in [-0.4, -0.2) is 68.9 Å². The molecule has 0 radical (unpaired) electrons. The molecule has 1 amide bonds. The molecule has 14 heteroatoms. The van der Waals surface area contributed by atoms with Crippen LogP contribution in [-0.2, 0) is 38.1 Å². The Morgan fingerprint density at radius 1 is 0.969 bits per heavy atom. The van der Waals surface area contributed by atoms with E-state index in [1.807, 2.05) is 0 Å². The number of esters is 3. The van der Waals surface area contributed by atoms with E-state index in [1.165, 1.54) is 24.9 Å². The molecular weight excluding hydrogens is 430 g/mol. The van der Waals surface area contributed by atoms with Gasteiger partial charge in [-0.05, 0) is 0 Å². The Kier molecular flexibility index (Phi) is 6.53. The topological polar surface area (TPSA) is 170 Å². The minimum Gasteiger partial charge on any atom is -0.479 e. The van der Waals surface area contributed by atoms with Crippen molar-refractivity contribution in [2.24, 2.45) is 0 Å². The summed E-state index contributed by atoms with van der Waals surface area (Å²) in [5, 5.41) is 2.45. The number of nitrogens with zero attached hydrogens (tertiary/aromatic N) is 4. The minimum atomic E-state index is -1.37. The standard InChI is InChI=1S/C18H21N5O9/c1-7(24)20-18-21-14-11(15(22-18)28-5)19-6-23(14)16-12(29-8(2)25)13(30-9(3)26)17(32-16)31-10(4)27/h6,12-13,16-17H,1-5H3,(H,20,21,22,24)/t12-,13+,16-,17+/m1/s1. The monoisotopic (exact) mass is 451 g/mol. The van der Waals surface area contributed by atoms with Gasteiger partial charge in [0.2, 0.25) is 30.1 Å². The van der Waals surface area contributed by atoms with Crippen molar-refractivity contribution in [2.45, 2.75) is 52.4 Å². The van der Waals surface area contributed by atoms with Gasteiger partial charge in [-0.3, -0.25) is 29.1 Å². The van der Waals surface area contributed by atoms with E-state index in [1.54, 1.807) is 0 Å². The maximum Gasteiger partial charge on any atom is 0.305 e. The van der Waals surface area contributed by atoms with Gasteiger partial charge in [-0.1, -0.05) is 0 Å². The largest absolute Gasteiger partial charge is 0.479 e. The highest BCUT2D eigenvalue weighted by Crippen LogP contribution is 2.37. The second-order valence-electron chi connectivity index (χ2n) is 6.71. The Morgan fingerprint density at radius 3 is 2.16 bits per heavy atom. The molecule has 2 aromatic rings. The highest BCUT2D eigenvalue weighted by Gasteiger charge is 2.52. The van der Waals surface area contributed by atoms with Crippen molar-refractivity contribution in [1.82, 2.24) is 19.5 Å². The maximum absolute atomic E-state index is 11.8. The van der Waals surface area contributed by atoms with Crippen molar-refractivity contribution in [1.29, 1.82) is 0 Å². The Labute approximate surface area is 181 Å². The van der Waals surface area contributed by atoms with Gasteiger partial charge in [0.25, 0.3) is 0 Å². The maximum atomic E-state index is 11.8. The predicted octanol–water partition coefficient (Wildman–Crippen LogP) is 0.0747. The molecule has 0 spiro atoms. The fourth-order valence-electron chi connectivity index (χ4n) is 3.16. The van der Waals surface area contributed by atoms with Crippen LogP contribution in [0.15, 0.2) is 6.33 Å². The summed E-state index contributed by atoms with van der Waals surface area (Å²) in [6, 6.07) is 0. The zero-order valence-corrected chi connectivity index (χ0v) is 17.8. The van der Waals surface area contributed by atoms with Gasteiger partial charge in [-0.2, -0.15) is 9.97 Å². The van der Waals surface area contributed by atoms with Crippen molar-refractivity contribution in [3.8, 4) is 5.88 Å². The van der Waals surface area contributed by atoms with Crippen molar-refractivity contribution in [2.75, 3.05) is 12.4 Å². The molecule has 1 aliphatic rings. The first-order valence-electron chi connectivity index (χ1n) is 9.34. The van der Waals surface area contributed by atoms with Crippen LogP contribution in [0.5, 0.6) is 5.88 Å². The predicted molar refractivity (Wildman–Crippen MR) is 103 cm³/mol. The van der Waals surface area contributed by atoms with E-state index in [9.17, 15) is 19.2 Å². The summed E-state index contributed by atoms with van der Waals surface area (Å²) in [6.07, 6.45) is -3.71. The molecule has 0 saturated carbocycles. The molecule has 2 aromatic heterocycles. The van der Waals surface area contributed by atoms with Crippen LogP contribution < -0.4 is 10.1 Å². The summed E-state index contributed by atoms with van der Waals surface area (Å²) in [5.41, 5.74) is 0.361. The Bertz CT molecular complexity index is 1070. The molecule has 32 heavy (non-hydrogen) atoms. The van der Waals surface area contributed by atoms with E-state index < -0.39 is 48.5 Å². The molecular formula is C18H21N5O9. The van der Waals surface area contributed by atoms with E-state index in [-0.39, 0.29) is 23.0 Å². The lowest BCUT2D eigenvalue weighted by Gasteiger charge is -2.23. The molecule has 172 valence electrons. The van der Waals surface area contributed by atoms with Gasteiger partial charge in [0.15, 0.2) is 23.5 Å². The number of carbonyl (C=O) groups is 4. The van der Waals surface area contributed by atoms with Gasteiger partial charge < -0.3 is 23.7 Å². The lowest BCUT2D eigenvalue weighted by atomic mass is 10.2. The molecule has 0 aliphatic carbocycles. The summed E-state index contributed by atoms with van der Waals surface area (Å²) in [4.78, 5) is 59.0. The zero-order chi connectivity index (χ0) is 23.6. The fraction of sp³-hybridized carbons (Fsp3) is 0.500. The molecule has 0 unspecified atom stereocenters. The smallest absolute Gasteiger partial charge is 0.305 e. The van der Waals surface area contributed by atoms with Crippen LogP contribution in [0.25, 0.3) is 11.2 Å². The highest BCUT2D eigenvalue weighted by atomic mass is 16.8. The number of amides is 1. The van der Waals surface area contributed by atoms with Crippen molar-refractivity contribution in [3.63, 3.8) is 0 Å². The van der Waals surface area contributed by atoms with Crippen molar-refractivity contribution >= 4 is 40.9 Å². The molecule has 1 N–H and O–H groups in total. The molecule has 1 fully saturated rings. The first kappa shape index (κ1) is 22.9. The van der Waals surface area contributed by atoms with E-state index in [0.29, 0.717) is 0 Å². The second-order valence-corrected chi connectivity index (χ2v) is 6.71. The molecule has 14 nitrogen and oxygen atoms in total.